The molecule has 0 aliphatic heterocycles. The van der Waals surface area contributed by atoms with E-state index in [1.54, 1.807) is 7.11 Å². The molecule has 6 nitrogen and oxygen atoms in total. The highest BCUT2D eigenvalue weighted by atomic mass is 16.5. The number of carbonyl (C=O) groups is 2. The minimum absolute atomic E-state index is 0.290. The quantitative estimate of drug-likeness (QED) is 0.595. The smallest absolute Gasteiger partial charge is 0.309 e. The van der Waals surface area contributed by atoms with Crippen LogP contribution in [0, 0.1) is 0 Å². The second-order valence-corrected chi connectivity index (χ2v) is 5.90. The second-order valence-electron chi connectivity index (χ2n) is 5.90. The number of nitrogens with one attached hydrogen (secondary N) is 3. The molecule has 3 N–H and O–H groups in total. The molecule has 0 saturated carbocycles. The Kier molecular flexibility index (Phi) is 5.53. The monoisotopic (exact) mass is 351 g/mol. The van der Waals surface area contributed by atoms with Crippen LogP contribution in [0.1, 0.15) is 11.1 Å². The lowest BCUT2D eigenvalue weighted by atomic mass is 10.1. The number of ether oxygens (including phenoxy) is 1. The van der Waals surface area contributed by atoms with Gasteiger partial charge in [0.2, 0.25) is 0 Å². The Labute approximate surface area is 151 Å². The highest BCUT2D eigenvalue weighted by molar-refractivity contribution is 6.35. The lowest BCUT2D eigenvalue weighted by Crippen LogP contribution is -2.40. The van der Waals surface area contributed by atoms with Crippen molar-refractivity contribution in [1.82, 2.24) is 15.6 Å². The third-order valence-corrected chi connectivity index (χ3v) is 4.17. The van der Waals surface area contributed by atoms with Gasteiger partial charge in [0.15, 0.2) is 0 Å². The lowest BCUT2D eigenvalue weighted by Gasteiger charge is -2.07. The number of rotatable bonds is 6. The van der Waals surface area contributed by atoms with Gasteiger partial charge in [0.25, 0.3) is 0 Å². The van der Waals surface area contributed by atoms with E-state index >= 15 is 0 Å². The third kappa shape index (κ3) is 4.22. The number of aromatic nitrogens is 1. The number of carbonyl (C=O) groups excluding carboxylic acids is 2. The molecule has 1 heterocycles. The molecule has 2 aromatic carbocycles. The summed E-state index contributed by atoms with van der Waals surface area (Å²) < 4.78 is 5.08. The molecule has 0 fully saturated rings. The van der Waals surface area contributed by atoms with Gasteiger partial charge in [-0.1, -0.05) is 30.3 Å². The summed E-state index contributed by atoms with van der Waals surface area (Å²) in [7, 11) is 1.59. The predicted molar refractivity (Wildman–Crippen MR) is 99.9 cm³/mol. The standard InChI is InChI=1S/C20H21N3O3/c1-26-16-8-6-14(7-9-16)12-23-20(25)19(24)21-11-10-15-13-22-18-5-3-2-4-17(15)18/h2-9,13,22H,10-12H2,1H3,(H,21,24)(H,23,25). The summed E-state index contributed by atoms with van der Waals surface area (Å²) in [4.78, 5) is 27.0. The molecular weight excluding hydrogens is 330 g/mol. The largest absolute Gasteiger partial charge is 0.497 e. The maximum absolute atomic E-state index is 11.9. The van der Waals surface area contributed by atoms with E-state index in [1.165, 1.54) is 0 Å². The van der Waals surface area contributed by atoms with Gasteiger partial charge < -0.3 is 20.4 Å². The summed E-state index contributed by atoms with van der Waals surface area (Å²) in [5.41, 5.74) is 3.07. The summed E-state index contributed by atoms with van der Waals surface area (Å²) >= 11 is 0. The van der Waals surface area contributed by atoms with E-state index in [4.69, 9.17) is 4.74 Å². The molecule has 0 unspecified atom stereocenters. The number of amides is 2. The Morgan fingerprint density at radius 1 is 1.00 bits per heavy atom. The van der Waals surface area contributed by atoms with Gasteiger partial charge in [-0.2, -0.15) is 0 Å². The van der Waals surface area contributed by atoms with Gasteiger partial charge in [0.1, 0.15) is 5.75 Å². The number of H-pyrrole nitrogens is 1. The van der Waals surface area contributed by atoms with Gasteiger partial charge in [-0.25, -0.2) is 0 Å². The van der Waals surface area contributed by atoms with Crippen LogP contribution in [0.2, 0.25) is 0 Å². The molecule has 3 rings (SSSR count). The Balaban J connectivity index is 1.44. The highest BCUT2D eigenvalue weighted by Gasteiger charge is 2.12. The SMILES string of the molecule is COc1ccc(CNC(=O)C(=O)NCCc2c[nH]c3ccccc23)cc1. The van der Waals surface area contributed by atoms with Gasteiger partial charge >= 0.3 is 11.8 Å². The van der Waals surface area contributed by atoms with E-state index in [1.807, 2.05) is 54.7 Å². The fourth-order valence-electron chi connectivity index (χ4n) is 2.74. The Bertz CT molecular complexity index is 900. The van der Waals surface area contributed by atoms with Gasteiger partial charge in [-0.3, -0.25) is 9.59 Å². The van der Waals surface area contributed by atoms with Crippen LogP contribution in [0.4, 0.5) is 0 Å². The molecule has 0 aliphatic rings. The number of fused-ring (bicyclic) bond motifs is 1. The second kappa shape index (κ2) is 8.20. The zero-order chi connectivity index (χ0) is 18.4. The fraction of sp³-hybridized carbons (Fsp3) is 0.200. The van der Waals surface area contributed by atoms with Crippen molar-refractivity contribution in [1.29, 1.82) is 0 Å². The van der Waals surface area contributed by atoms with Crippen LogP contribution < -0.4 is 15.4 Å². The summed E-state index contributed by atoms with van der Waals surface area (Å²) in [5.74, 6) is -0.520. The van der Waals surface area contributed by atoms with E-state index in [0.29, 0.717) is 19.5 Å². The molecule has 2 amide bonds. The van der Waals surface area contributed by atoms with Crippen molar-refractivity contribution in [2.45, 2.75) is 13.0 Å². The summed E-state index contributed by atoms with van der Waals surface area (Å²) in [6, 6.07) is 15.3. The molecule has 0 radical (unpaired) electrons. The van der Waals surface area contributed by atoms with E-state index < -0.39 is 11.8 Å². The first-order valence-electron chi connectivity index (χ1n) is 8.41. The fourth-order valence-corrected chi connectivity index (χ4v) is 2.74. The highest BCUT2D eigenvalue weighted by Crippen LogP contribution is 2.17. The first kappa shape index (κ1) is 17.5. The maximum Gasteiger partial charge on any atom is 0.309 e. The molecule has 6 heteroatoms. The van der Waals surface area contributed by atoms with Crippen LogP contribution in [0.3, 0.4) is 0 Å². The normalized spacial score (nSPS) is 10.5. The van der Waals surface area contributed by atoms with Crippen molar-refractivity contribution in [2.24, 2.45) is 0 Å². The van der Waals surface area contributed by atoms with Gasteiger partial charge in [0, 0.05) is 30.2 Å². The molecule has 134 valence electrons. The molecule has 3 aromatic rings. The molecule has 1 aromatic heterocycles. The van der Waals surface area contributed by atoms with Crippen molar-refractivity contribution >= 4 is 22.7 Å². The Morgan fingerprint density at radius 2 is 1.73 bits per heavy atom. The van der Waals surface area contributed by atoms with Crippen molar-refractivity contribution < 1.29 is 14.3 Å². The lowest BCUT2D eigenvalue weighted by molar-refractivity contribution is -0.139. The number of benzene rings is 2. The Morgan fingerprint density at radius 3 is 2.50 bits per heavy atom. The van der Waals surface area contributed by atoms with Crippen molar-refractivity contribution in [3.63, 3.8) is 0 Å². The van der Waals surface area contributed by atoms with Crippen LogP contribution in [0.25, 0.3) is 10.9 Å². The molecule has 0 aliphatic carbocycles. The van der Waals surface area contributed by atoms with E-state index in [-0.39, 0.29) is 0 Å². The van der Waals surface area contributed by atoms with Crippen molar-refractivity contribution in [3.05, 3.63) is 65.9 Å². The van der Waals surface area contributed by atoms with Crippen LogP contribution in [-0.4, -0.2) is 30.5 Å². The minimum Gasteiger partial charge on any atom is -0.497 e. The maximum atomic E-state index is 11.9. The molecule has 0 atom stereocenters. The molecule has 0 bridgehead atoms. The minimum atomic E-state index is -0.639. The molecule has 0 spiro atoms. The first-order valence-corrected chi connectivity index (χ1v) is 8.41. The van der Waals surface area contributed by atoms with Gasteiger partial charge in [0.05, 0.1) is 7.11 Å². The first-order chi connectivity index (χ1) is 12.7. The topological polar surface area (TPSA) is 83.2 Å². The number of para-hydroxylation sites is 1. The van der Waals surface area contributed by atoms with Crippen LogP contribution in [-0.2, 0) is 22.6 Å². The van der Waals surface area contributed by atoms with E-state index in [0.717, 1.165) is 27.8 Å². The molecular formula is C20H21N3O3. The Hall–Kier alpha value is -3.28. The number of hydrogen-bond donors (Lipinski definition) is 3. The van der Waals surface area contributed by atoms with Crippen LogP contribution >= 0.6 is 0 Å². The van der Waals surface area contributed by atoms with Crippen LogP contribution in [0.15, 0.2) is 54.7 Å². The predicted octanol–water partition coefficient (Wildman–Crippen LogP) is 2.15. The summed E-state index contributed by atoms with van der Waals surface area (Å²) in [6.45, 7) is 0.690. The summed E-state index contributed by atoms with van der Waals surface area (Å²) in [6.07, 6.45) is 2.59. The number of hydrogen-bond acceptors (Lipinski definition) is 3. The van der Waals surface area contributed by atoms with Crippen LogP contribution in [0.5, 0.6) is 5.75 Å². The third-order valence-electron chi connectivity index (χ3n) is 4.17. The molecule has 26 heavy (non-hydrogen) atoms. The average molecular weight is 351 g/mol. The van der Waals surface area contributed by atoms with Crippen molar-refractivity contribution in [2.75, 3.05) is 13.7 Å². The number of methoxy groups -OCH3 is 1. The molecule has 0 saturated heterocycles. The van der Waals surface area contributed by atoms with Gasteiger partial charge in [-0.15, -0.1) is 0 Å². The van der Waals surface area contributed by atoms with Crippen molar-refractivity contribution in [3.8, 4) is 5.75 Å². The zero-order valence-electron chi connectivity index (χ0n) is 14.5. The van der Waals surface area contributed by atoms with Gasteiger partial charge in [-0.05, 0) is 35.7 Å². The van der Waals surface area contributed by atoms with E-state index in [2.05, 4.69) is 15.6 Å². The number of aromatic amines is 1. The zero-order valence-corrected chi connectivity index (χ0v) is 14.5. The van der Waals surface area contributed by atoms with E-state index in [9.17, 15) is 9.59 Å². The summed E-state index contributed by atoms with van der Waals surface area (Å²) in [5, 5.41) is 6.40. The average Bonchev–Trinajstić information content (AvgIpc) is 3.09.